The normalized spacial score (nSPS) is 9.70. The molecule has 2 nitrogen and oxygen atoms in total. The van der Waals surface area contributed by atoms with Gasteiger partial charge < -0.3 is 0 Å². The highest BCUT2D eigenvalue weighted by Gasteiger charge is 1.98. The van der Waals surface area contributed by atoms with Crippen molar-refractivity contribution >= 4 is 44.6 Å². The predicted octanol–water partition coefficient (Wildman–Crippen LogP) is 2.32. The molecule has 0 amide bonds. The largest absolute Gasteiger partial charge is 0.290 e. The van der Waals surface area contributed by atoms with Gasteiger partial charge in [0.25, 0.3) is 0 Å². The number of hydrogen-bond donors (Lipinski definition) is 0. The molecule has 5 heteroatoms. The Hall–Kier alpha value is 0.130. The van der Waals surface area contributed by atoms with Gasteiger partial charge in [-0.2, -0.15) is 0 Å². The van der Waals surface area contributed by atoms with E-state index < -0.39 is 0 Å². The first kappa shape index (κ1) is 8.23. The summed E-state index contributed by atoms with van der Waals surface area (Å²) in [6.45, 7) is 0. The molecule has 0 aliphatic rings. The third kappa shape index (κ3) is 2.07. The number of alkyl halides is 1. The smallest absolute Gasteiger partial charge is 0.183 e. The minimum atomic E-state index is 0.753. The zero-order valence-electron chi connectivity index (χ0n) is 4.91. The number of thioether (sulfide) groups is 1. The molecule has 0 aromatic carbocycles. The molecular formula is C5H4BrNOS2. The number of halogens is 1. The fraction of sp³-hybridized carbons (Fsp3) is 0.200. The van der Waals surface area contributed by atoms with Crippen molar-refractivity contribution in [2.24, 2.45) is 0 Å². The van der Waals surface area contributed by atoms with E-state index in [1.54, 1.807) is 0 Å². The van der Waals surface area contributed by atoms with Gasteiger partial charge in [0, 0.05) is 10.7 Å². The van der Waals surface area contributed by atoms with E-state index in [-0.39, 0.29) is 0 Å². The molecule has 0 saturated heterocycles. The monoisotopic (exact) mass is 237 g/mol. The standard InChI is InChI=1S/C5H4BrNOS2/c6-1-4-2-9-5(7-4)10-3-8/h2-3H,1H2. The summed E-state index contributed by atoms with van der Waals surface area (Å²) in [6.07, 6.45) is 0. The summed E-state index contributed by atoms with van der Waals surface area (Å²) in [5, 5.41) is 2.68. The van der Waals surface area contributed by atoms with Crippen LogP contribution in [-0.4, -0.2) is 10.6 Å². The lowest BCUT2D eigenvalue weighted by Gasteiger charge is -1.81. The van der Waals surface area contributed by atoms with E-state index in [0.717, 1.165) is 32.7 Å². The van der Waals surface area contributed by atoms with Crippen LogP contribution in [0.3, 0.4) is 0 Å². The predicted molar refractivity (Wildman–Crippen MR) is 47.4 cm³/mol. The lowest BCUT2D eigenvalue weighted by Crippen LogP contribution is -1.74. The van der Waals surface area contributed by atoms with Crippen LogP contribution < -0.4 is 0 Å². The van der Waals surface area contributed by atoms with Gasteiger partial charge >= 0.3 is 0 Å². The minimum absolute atomic E-state index is 0.753. The van der Waals surface area contributed by atoms with Crippen molar-refractivity contribution in [3.05, 3.63) is 11.1 Å². The van der Waals surface area contributed by atoms with E-state index in [1.165, 1.54) is 11.3 Å². The molecule has 10 heavy (non-hydrogen) atoms. The van der Waals surface area contributed by atoms with Gasteiger partial charge in [0.1, 0.15) is 0 Å². The Morgan fingerprint density at radius 1 is 1.90 bits per heavy atom. The molecule has 0 radical (unpaired) electrons. The Kier molecular flexibility index (Phi) is 3.37. The highest BCUT2D eigenvalue weighted by atomic mass is 79.9. The van der Waals surface area contributed by atoms with Gasteiger partial charge in [0.2, 0.25) is 0 Å². The molecule has 1 heterocycles. The number of carbonyl (C=O) groups is 1. The van der Waals surface area contributed by atoms with Gasteiger partial charge in [-0.3, -0.25) is 4.79 Å². The second-order valence-corrected chi connectivity index (χ2v) is 3.94. The summed E-state index contributed by atoms with van der Waals surface area (Å²) < 4.78 is 0.810. The summed E-state index contributed by atoms with van der Waals surface area (Å²) in [4.78, 5) is 14.1. The van der Waals surface area contributed by atoms with Crippen LogP contribution in [-0.2, 0) is 10.1 Å². The van der Waals surface area contributed by atoms with Crippen LogP contribution in [0.1, 0.15) is 5.69 Å². The number of aromatic nitrogens is 1. The van der Waals surface area contributed by atoms with Crippen LogP contribution in [0, 0.1) is 0 Å². The number of rotatable bonds is 3. The van der Waals surface area contributed by atoms with E-state index in [1.807, 2.05) is 5.38 Å². The van der Waals surface area contributed by atoms with Crippen LogP contribution in [0.5, 0.6) is 0 Å². The first-order chi connectivity index (χ1) is 4.86. The second-order valence-electron chi connectivity index (χ2n) is 1.45. The maximum absolute atomic E-state index is 9.99. The van der Waals surface area contributed by atoms with Crippen molar-refractivity contribution in [3.8, 4) is 0 Å². The molecule has 1 aromatic heterocycles. The van der Waals surface area contributed by atoms with Crippen molar-refractivity contribution in [3.63, 3.8) is 0 Å². The number of hydrogen-bond acceptors (Lipinski definition) is 4. The van der Waals surface area contributed by atoms with Gasteiger partial charge in [-0.25, -0.2) is 4.98 Å². The molecule has 0 aliphatic heterocycles. The maximum Gasteiger partial charge on any atom is 0.183 e. The summed E-state index contributed by atoms with van der Waals surface area (Å²) in [7, 11) is 0. The molecule has 0 fully saturated rings. The van der Waals surface area contributed by atoms with Crippen LogP contribution >= 0.6 is 39.0 Å². The van der Waals surface area contributed by atoms with Crippen LogP contribution in [0.2, 0.25) is 0 Å². The first-order valence-corrected chi connectivity index (χ1v) is 5.35. The summed E-state index contributed by atoms with van der Waals surface area (Å²) >= 11 is 5.88. The Morgan fingerprint density at radius 3 is 3.20 bits per heavy atom. The van der Waals surface area contributed by atoms with E-state index in [2.05, 4.69) is 20.9 Å². The average Bonchev–Trinajstić information content (AvgIpc) is 2.37. The summed E-state index contributed by atoms with van der Waals surface area (Å²) in [6, 6.07) is 0. The fourth-order valence-corrected chi connectivity index (χ4v) is 2.23. The molecule has 1 rings (SSSR count). The highest BCUT2D eigenvalue weighted by Crippen LogP contribution is 2.21. The van der Waals surface area contributed by atoms with Crippen LogP contribution in [0.4, 0.5) is 0 Å². The lowest BCUT2D eigenvalue weighted by atomic mass is 10.6. The molecule has 0 saturated carbocycles. The summed E-state index contributed by atoms with van der Waals surface area (Å²) in [5.74, 6) is 0. The molecule has 0 spiro atoms. The zero-order chi connectivity index (χ0) is 7.40. The Morgan fingerprint density at radius 2 is 2.70 bits per heavy atom. The molecule has 0 N–H and O–H groups in total. The maximum atomic E-state index is 9.99. The van der Waals surface area contributed by atoms with E-state index in [0.29, 0.717) is 0 Å². The van der Waals surface area contributed by atoms with Crippen LogP contribution in [0.15, 0.2) is 9.72 Å². The Bertz CT molecular complexity index is 225. The molecule has 0 atom stereocenters. The van der Waals surface area contributed by atoms with E-state index >= 15 is 0 Å². The molecule has 0 bridgehead atoms. The third-order valence-electron chi connectivity index (χ3n) is 0.817. The summed E-state index contributed by atoms with van der Waals surface area (Å²) in [5.41, 5.74) is 1.77. The second kappa shape index (κ2) is 4.10. The van der Waals surface area contributed by atoms with Crippen molar-refractivity contribution in [2.45, 2.75) is 9.67 Å². The molecular weight excluding hydrogens is 234 g/mol. The van der Waals surface area contributed by atoms with Gasteiger partial charge in [-0.15, -0.1) is 11.3 Å². The zero-order valence-corrected chi connectivity index (χ0v) is 8.13. The number of nitrogens with zero attached hydrogens (tertiary/aromatic N) is 1. The van der Waals surface area contributed by atoms with Crippen LogP contribution in [0.25, 0.3) is 0 Å². The fourth-order valence-electron chi connectivity index (χ4n) is 0.445. The molecule has 0 aliphatic carbocycles. The van der Waals surface area contributed by atoms with Crippen molar-refractivity contribution < 1.29 is 4.79 Å². The quantitative estimate of drug-likeness (QED) is 0.460. The Balaban J connectivity index is 2.67. The van der Waals surface area contributed by atoms with Crippen molar-refractivity contribution in [1.82, 2.24) is 4.98 Å². The van der Waals surface area contributed by atoms with Crippen molar-refractivity contribution in [1.29, 1.82) is 0 Å². The van der Waals surface area contributed by atoms with Gasteiger partial charge in [0.05, 0.1) is 5.69 Å². The van der Waals surface area contributed by atoms with Gasteiger partial charge in [0.15, 0.2) is 9.96 Å². The van der Waals surface area contributed by atoms with E-state index in [9.17, 15) is 4.79 Å². The molecule has 1 aromatic rings. The Labute approximate surface area is 75.2 Å². The molecule has 0 unspecified atom stereocenters. The SMILES string of the molecule is O=CSc1nc(CBr)cs1. The lowest BCUT2D eigenvalue weighted by molar-refractivity contribution is 0.570. The third-order valence-corrected chi connectivity index (χ3v) is 3.04. The molecule has 54 valence electrons. The first-order valence-electron chi connectivity index (χ1n) is 2.47. The minimum Gasteiger partial charge on any atom is -0.290 e. The number of carbonyl (C=O) groups excluding carboxylic acids is 1. The van der Waals surface area contributed by atoms with E-state index in [4.69, 9.17) is 0 Å². The topological polar surface area (TPSA) is 30.0 Å². The van der Waals surface area contributed by atoms with Gasteiger partial charge in [-0.05, 0) is 11.8 Å². The van der Waals surface area contributed by atoms with Gasteiger partial charge in [-0.1, -0.05) is 15.9 Å². The highest BCUT2D eigenvalue weighted by molar-refractivity contribution is 9.08. The average molecular weight is 238 g/mol. The van der Waals surface area contributed by atoms with Crippen molar-refractivity contribution in [2.75, 3.05) is 0 Å². The number of thiazole rings is 1.